The molecule has 3 rings (SSSR count). The zero-order valence-corrected chi connectivity index (χ0v) is 12.1. The molecule has 1 aliphatic carbocycles. The Labute approximate surface area is 115 Å². The molecule has 0 radical (unpaired) electrons. The molecule has 0 spiro atoms. The van der Waals surface area contributed by atoms with E-state index in [1.165, 1.54) is 0 Å². The van der Waals surface area contributed by atoms with Crippen LogP contribution < -0.4 is 5.73 Å². The molecule has 108 valence electrons. The average Bonchev–Trinajstić information content (AvgIpc) is 2.98. The van der Waals surface area contributed by atoms with Crippen LogP contribution in [0.3, 0.4) is 0 Å². The average molecular weight is 285 g/mol. The van der Waals surface area contributed by atoms with Gasteiger partial charge in [-0.05, 0) is 31.6 Å². The Balaban J connectivity index is 1.87. The summed E-state index contributed by atoms with van der Waals surface area (Å²) in [7, 11) is -3.34. The van der Waals surface area contributed by atoms with Crippen LogP contribution in [0.5, 0.6) is 0 Å². The van der Waals surface area contributed by atoms with Gasteiger partial charge in [0, 0.05) is 31.7 Å². The van der Waals surface area contributed by atoms with Gasteiger partial charge in [-0.3, -0.25) is 0 Å². The van der Waals surface area contributed by atoms with Crippen LogP contribution in [0.25, 0.3) is 0 Å². The van der Waals surface area contributed by atoms with Crippen LogP contribution in [0.2, 0.25) is 0 Å². The smallest absolute Gasteiger partial charge is 0.282 e. The third-order valence-electron chi connectivity index (χ3n) is 4.77. The van der Waals surface area contributed by atoms with Crippen LogP contribution >= 0.6 is 0 Å². The van der Waals surface area contributed by atoms with Gasteiger partial charge in [-0.15, -0.1) is 0 Å². The minimum atomic E-state index is -3.34. The molecule has 3 aliphatic rings. The quantitative estimate of drug-likeness (QED) is 0.776. The van der Waals surface area contributed by atoms with Gasteiger partial charge in [0.25, 0.3) is 10.2 Å². The Morgan fingerprint density at radius 1 is 1.26 bits per heavy atom. The number of hydrogen-bond donors (Lipinski definition) is 1. The van der Waals surface area contributed by atoms with Gasteiger partial charge in [0.1, 0.15) is 0 Å². The Bertz CT molecular complexity index is 463. The van der Waals surface area contributed by atoms with Crippen LogP contribution in [0.4, 0.5) is 0 Å². The van der Waals surface area contributed by atoms with E-state index in [2.05, 4.69) is 6.08 Å². The summed E-state index contributed by atoms with van der Waals surface area (Å²) < 4.78 is 29.1. The van der Waals surface area contributed by atoms with E-state index in [-0.39, 0.29) is 12.1 Å². The van der Waals surface area contributed by atoms with Crippen molar-refractivity contribution in [2.75, 3.05) is 19.6 Å². The lowest BCUT2D eigenvalue weighted by Gasteiger charge is -2.34. The van der Waals surface area contributed by atoms with Crippen LogP contribution in [-0.4, -0.2) is 48.7 Å². The van der Waals surface area contributed by atoms with Gasteiger partial charge < -0.3 is 5.73 Å². The molecule has 6 heteroatoms. The van der Waals surface area contributed by atoms with E-state index >= 15 is 0 Å². The van der Waals surface area contributed by atoms with E-state index in [4.69, 9.17) is 5.73 Å². The molecule has 2 heterocycles. The van der Waals surface area contributed by atoms with Gasteiger partial charge in [-0.1, -0.05) is 18.6 Å². The molecule has 0 aromatic heterocycles. The normalized spacial score (nSPS) is 36.8. The van der Waals surface area contributed by atoms with Crippen molar-refractivity contribution >= 4 is 10.2 Å². The fraction of sp³-hybridized carbons (Fsp3) is 0.846. The first-order chi connectivity index (χ1) is 9.14. The highest BCUT2D eigenvalue weighted by molar-refractivity contribution is 7.86. The molecule has 19 heavy (non-hydrogen) atoms. The molecule has 5 nitrogen and oxygen atoms in total. The molecule has 0 amide bonds. The molecule has 1 saturated carbocycles. The van der Waals surface area contributed by atoms with Crippen LogP contribution in [-0.2, 0) is 10.2 Å². The minimum Gasteiger partial charge on any atom is -0.329 e. The standard InChI is InChI=1S/C13H23N3O2S/c14-10-12-9-11-5-4-6-13(11)16(12)19(17,18)15-7-2-1-3-8-15/h1-2,11-13H,3-10,14H2/t11-,12-,13-/m0/s1. The summed E-state index contributed by atoms with van der Waals surface area (Å²) in [5.41, 5.74) is 5.82. The van der Waals surface area contributed by atoms with E-state index < -0.39 is 10.2 Å². The highest BCUT2D eigenvalue weighted by Crippen LogP contribution is 2.43. The van der Waals surface area contributed by atoms with E-state index in [9.17, 15) is 8.42 Å². The molecule has 0 aromatic carbocycles. The fourth-order valence-corrected chi connectivity index (χ4v) is 5.92. The lowest BCUT2D eigenvalue weighted by atomic mass is 10.0. The van der Waals surface area contributed by atoms with Gasteiger partial charge in [-0.25, -0.2) is 0 Å². The van der Waals surface area contributed by atoms with Gasteiger partial charge in [0.2, 0.25) is 0 Å². The SMILES string of the molecule is NC[C@@H]1C[C@@H]2CCC[C@@H]2N1S(=O)(=O)N1CC=CCC1. The Morgan fingerprint density at radius 3 is 2.79 bits per heavy atom. The number of nitrogens with zero attached hydrogens (tertiary/aromatic N) is 2. The van der Waals surface area contributed by atoms with Crippen molar-refractivity contribution in [3.63, 3.8) is 0 Å². The zero-order valence-electron chi connectivity index (χ0n) is 11.2. The van der Waals surface area contributed by atoms with Crippen molar-refractivity contribution in [2.24, 2.45) is 11.7 Å². The molecule has 0 unspecified atom stereocenters. The number of nitrogens with two attached hydrogens (primary N) is 1. The van der Waals surface area contributed by atoms with E-state index in [1.807, 2.05) is 6.08 Å². The van der Waals surface area contributed by atoms with Crippen molar-refractivity contribution in [2.45, 2.75) is 44.2 Å². The predicted molar refractivity (Wildman–Crippen MR) is 74.7 cm³/mol. The summed E-state index contributed by atoms with van der Waals surface area (Å²) >= 11 is 0. The van der Waals surface area contributed by atoms with Crippen LogP contribution in [0, 0.1) is 5.92 Å². The second-order valence-corrected chi connectivity index (χ2v) is 7.67. The number of rotatable bonds is 3. The predicted octanol–water partition coefficient (Wildman–Crippen LogP) is 0.695. The Morgan fingerprint density at radius 2 is 2.11 bits per heavy atom. The topological polar surface area (TPSA) is 66.6 Å². The molecule has 0 aromatic rings. The maximum atomic E-state index is 12.9. The second kappa shape index (κ2) is 5.16. The summed E-state index contributed by atoms with van der Waals surface area (Å²) in [5.74, 6) is 0.531. The third kappa shape index (κ3) is 2.24. The van der Waals surface area contributed by atoms with Gasteiger partial charge in [0.15, 0.2) is 0 Å². The monoisotopic (exact) mass is 285 g/mol. The van der Waals surface area contributed by atoms with Crippen molar-refractivity contribution in [3.8, 4) is 0 Å². The van der Waals surface area contributed by atoms with E-state index in [0.717, 1.165) is 32.1 Å². The second-order valence-electron chi connectivity index (χ2n) is 5.84. The summed E-state index contributed by atoms with van der Waals surface area (Å²) in [6, 6.07) is 0.204. The van der Waals surface area contributed by atoms with Gasteiger partial charge >= 0.3 is 0 Å². The molecular formula is C13H23N3O2S. The lowest BCUT2D eigenvalue weighted by molar-refractivity contribution is 0.282. The largest absolute Gasteiger partial charge is 0.329 e. The highest BCUT2D eigenvalue weighted by atomic mass is 32.2. The van der Waals surface area contributed by atoms with Crippen molar-refractivity contribution in [3.05, 3.63) is 12.2 Å². The molecule has 0 bridgehead atoms. The van der Waals surface area contributed by atoms with E-state index in [1.54, 1.807) is 8.61 Å². The summed E-state index contributed by atoms with van der Waals surface area (Å²) in [6.07, 6.45) is 9.07. The Kier molecular flexibility index (Phi) is 3.68. The fourth-order valence-electron chi connectivity index (χ4n) is 3.87. The first-order valence-corrected chi connectivity index (χ1v) is 8.68. The number of fused-ring (bicyclic) bond motifs is 1. The van der Waals surface area contributed by atoms with Crippen LogP contribution in [0.1, 0.15) is 32.1 Å². The summed E-state index contributed by atoms with van der Waals surface area (Å²) in [4.78, 5) is 0. The van der Waals surface area contributed by atoms with Crippen molar-refractivity contribution < 1.29 is 8.42 Å². The molecule has 2 N–H and O–H groups in total. The molecule has 2 fully saturated rings. The Hall–Kier alpha value is -0.430. The van der Waals surface area contributed by atoms with Gasteiger partial charge in [0.05, 0.1) is 0 Å². The number of hydrogen-bond acceptors (Lipinski definition) is 3. The third-order valence-corrected chi connectivity index (χ3v) is 6.85. The highest BCUT2D eigenvalue weighted by Gasteiger charge is 2.49. The molecule has 3 atom stereocenters. The van der Waals surface area contributed by atoms with E-state index in [0.29, 0.717) is 25.6 Å². The summed E-state index contributed by atoms with van der Waals surface area (Å²) in [5, 5.41) is 0. The first-order valence-electron chi connectivity index (χ1n) is 7.28. The summed E-state index contributed by atoms with van der Waals surface area (Å²) in [6.45, 7) is 1.55. The maximum absolute atomic E-state index is 12.9. The lowest BCUT2D eigenvalue weighted by Crippen LogP contribution is -2.51. The van der Waals surface area contributed by atoms with Crippen molar-refractivity contribution in [1.82, 2.24) is 8.61 Å². The van der Waals surface area contributed by atoms with Crippen LogP contribution in [0.15, 0.2) is 12.2 Å². The first kappa shape index (κ1) is 13.5. The van der Waals surface area contributed by atoms with Gasteiger partial charge in [-0.2, -0.15) is 17.0 Å². The zero-order chi connectivity index (χ0) is 13.5. The minimum absolute atomic E-state index is 0.00575. The molecular weight excluding hydrogens is 262 g/mol. The van der Waals surface area contributed by atoms with Crippen molar-refractivity contribution in [1.29, 1.82) is 0 Å². The molecule has 1 saturated heterocycles. The molecule has 2 aliphatic heterocycles. The maximum Gasteiger partial charge on any atom is 0.282 e.